The maximum atomic E-state index is 14.3. The lowest BCUT2D eigenvalue weighted by atomic mass is 10.0. The average Bonchev–Trinajstić information content (AvgIpc) is 3.30. The second-order valence-electron chi connectivity index (χ2n) is 6.33. The van der Waals surface area contributed by atoms with Gasteiger partial charge in [0.15, 0.2) is 11.5 Å². The van der Waals surface area contributed by atoms with Crippen molar-refractivity contribution in [3.63, 3.8) is 0 Å². The van der Waals surface area contributed by atoms with Crippen LogP contribution in [0.15, 0.2) is 36.5 Å². The molecular weight excluding hydrogens is 354 g/mol. The van der Waals surface area contributed by atoms with Gasteiger partial charge in [-0.25, -0.2) is 18.6 Å². The van der Waals surface area contributed by atoms with E-state index >= 15 is 0 Å². The van der Waals surface area contributed by atoms with Crippen molar-refractivity contribution in [1.82, 2.24) is 19.9 Å². The lowest BCUT2D eigenvalue weighted by Crippen LogP contribution is -2.26. The van der Waals surface area contributed by atoms with E-state index in [0.29, 0.717) is 35.8 Å². The minimum absolute atomic E-state index is 0.301. The number of anilines is 2. The molecular formula is C18H18F2N6O. The monoisotopic (exact) mass is 372 g/mol. The van der Waals surface area contributed by atoms with Gasteiger partial charge in [0.2, 0.25) is 0 Å². The second kappa shape index (κ2) is 6.82. The Kier molecular flexibility index (Phi) is 4.35. The highest BCUT2D eigenvalue weighted by molar-refractivity contribution is 5.88. The maximum Gasteiger partial charge on any atom is 0.320 e. The SMILES string of the molecule is CNC(=O)Nc1cnc2ccc(N3CCCC3c3cc(F)ccc3F)nn12. The van der Waals surface area contributed by atoms with Crippen LogP contribution in [0.5, 0.6) is 0 Å². The summed E-state index contributed by atoms with van der Waals surface area (Å²) in [4.78, 5) is 17.7. The molecule has 1 saturated heterocycles. The fraction of sp³-hybridized carbons (Fsp3) is 0.278. The van der Waals surface area contributed by atoms with E-state index in [-0.39, 0.29) is 12.1 Å². The fourth-order valence-corrected chi connectivity index (χ4v) is 3.42. The van der Waals surface area contributed by atoms with Gasteiger partial charge in [0.1, 0.15) is 17.5 Å². The molecule has 3 aromatic rings. The zero-order valence-corrected chi connectivity index (χ0v) is 14.6. The Hall–Kier alpha value is -3.23. The smallest absolute Gasteiger partial charge is 0.320 e. The Morgan fingerprint density at radius 3 is 2.93 bits per heavy atom. The number of aromatic nitrogens is 3. The van der Waals surface area contributed by atoms with Crippen molar-refractivity contribution >= 4 is 23.3 Å². The predicted molar refractivity (Wildman–Crippen MR) is 96.7 cm³/mol. The number of benzene rings is 1. The molecule has 3 heterocycles. The van der Waals surface area contributed by atoms with Crippen molar-refractivity contribution in [2.45, 2.75) is 18.9 Å². The molecule has 2 aromatic heterocycles. The van der Waals surface area contributed by atoms with Gasteiger partial charge in [0, 0.05) is 19.2 Å². The molecule has 1 aliphatic heterocycles. The van der Waals surface area contributed by atoms with Crippen LogP contribution in [0.4, 0.5) is 25.2 Å². The molecule has 1 aromatic carbocycles. The highest BCUT2D eigenvalue weighted by Crippen LogP contribution is 2.36. The number of carbonyl (C=O) groups excluding carboxylic acids is 1. The quantitative estimate of drug-likeness (QED) is 0.741. The minimum atomic E-state index is -0.465. The first-order valence-electron chi connectivity index (χ1n) is 8.62. The first-order valence-corrected chi connectivity index (χ1v) is 8.62. The summed E-state index contributed by atoms with van der Waals surface area (Å²) in [6.07, 6.45) is 3.05. The summed E-state index contributed by atoms with van der Waals surface area (Å²) in [7, 11) is 1.51. The third-order valence-corrected chi connectivity index (χ3v) is 4.68. The predicted octanol–water partition coefficient (Wildman–Crippen LogP) is 3.10. The molecule has 0 saturated carbocycles. The maximum absolute atomic E-state index is 14.3. The number of imidazole rings is 1. The van der Waals surface area contributed by atoms with E-state index in [1.807, 2.05) is 4.90 Å². The van der Waals surface area contributed by atoms with Gasteiger partial charge in [-0.2, -0.15) is 4.52 Å². The summed E-state index contributed by atoms with van der Waals surface area (Å²) in [5, 5.41) is 9.68. The van der Waals surface area contributed by atoms with Crippen LogP contribution >= 0.6 is 0 Å². The highest BCUT2D eigenvalue weighted by atomic mass is 19.1. The standard InChI is InChI=1S/C18H18F2N6O/c1-21-18(27)23-17-10-22-15-6-7-16(24-26(15)17)25-8-2-3-14(25)12-9-11(19)4-5-13(12)20/h4-7,9-10,14H,2-3,8H2,1H3,(H2,21,23,27). The fourth-order valence-electron chi connectivity index (χ4n) is 3.42. The molecule has 7 nitrogen and oxygen atoms in total. The van der Waals surface area contributed by atoms with Crippen molar-refractivity contribution in [1.29, 1.82) is 0 Å². The van der Waals surface area contributed by atoms with Gasteiger partial charge in [0.05, 0.1) is 12.2 Å². The van der Waals surface area contributed by atoms with E-state index in [1.54, 1.807) is 12.1 Å². The molecule has 1 unspecified atom stereocenters. The van der Waals surface area contributed by atoms with Crippen molar-refractivity contribution in [3.05, 3.63) is 53.7 Å². The number of rotatable bonds is 3. The lowest BCUT2D eigenvalue weighted by molar-refractivity contribution is 0.254. The molecule has 0 bridgehead atoms. The summed E-state index contributed by atoms with van der Waals surface area (Å²) in [5.74, 6) is 0.123. The van der Waals surface area contributed by atoms with Gasteiger partial charge in [-0.05, 0) is 43.2 Å². The molecule has 27 heavy (non-hydrogen) atoms. The van der Waals surface area contributed by atoms with E-state index in [9.17, 15) is 13.6 Å². The van der Waals surface area contributed by atoms with Gasteiger partial charge in [-0.1, -0.05) is 0 Å². The van der Waals surface area contributed by atoms with Crippen LogP contribution in [0.3, 0.4) is 0 Å². The molecule has 1 aliphatic rings. The number of halogens is 2. The van der Waals surface area contributed by atoms with Crippen LogP contribution in [-0.2, 0) is 0 Å². The number of nitrogens with zero attached hydrogens (tertiary/aromatic N) is 4. The van der Waals surface area contributed by atoms with Crippen molar-refractivity contribution < 1.29 is 13.6 Å². The van der Waals surface area contributed by atoms with Gasteiger partial charge in [-0.15, -0.1) is 5.10 Å². The Balaban J connectivity index is 1.71. The van der Waals surface area contributed by atoms with E-state index in [4.69, 9.17) is 0 Å². The van der Waals surface area contributed by atoms with Gasteiger partial charge < -0.3 is 10.2 Å². The first-order chi connectivity index (χ1) is 13.1. The minimum Gasteiger partial charge on any atom is -0.348 e. The molecule has 0 aliphatic carbocycles. The van der Waals surface area contributed by atoms with E-state index in [2.05, 4.69) is 20.7 Å². The van der Waals surface area contributed by atoms with E-state index in [1.165, 1.54) is 23.8 Å². The summed E-state index contributed by atoms with van der Waals surface area (Å²) < 4.78 is 29.4. The molecule has 0 radical (unpaired) electrons. The van der Waals surface area contributed by atoms with E-state index < -0.39 is 11.6 Å². The van der Waals surface area contributed by atoms with Gasteiger partial charge >= 0.3 is 6.03 Å². The average molecular weight is 372 g/mol. The topological polar surface area (TPSA) is 74.6 Å². The molecule has 2 amide bonds. The van der Waals surface area contributed by atoms with Crippen molar-refractivity contribution in [3.8, 4) is 0 Å². The van der Waals surface area contributed by atoms with Crippen LogP contribution in [-0.4, -0.2) is 34.2 Å². The van der Waals surface area contributed by atoms with Crippen molar-refractivity contribution in [2.24, 2.45) is 0 Å². The summed E-state index contributed by atoms with van der Waals surface area (Å²) >= 11 is 0. The highest BCUT2D eigenvalue weighted by Gasteiger charge is 2.30. The zero-order valence-electron chi connectivity index (χ0n) is 14.6. The number of fused-ring (bicyclic) bond motifs is 1. The Morgan fingerprint density at radius 2 is 2.11 bits per heavy atom. The van der Waals surface area contributed by atoms with Crippen LogP contribution < -0.4 is 15.5 Å². The molecule has 1 atom stereocenters. The Morgan fingerprint density at radius 1 is 1.26 bits per heavy atom. The van der Waals surface area contributed by atoms with Gasteiger partial charge in [-0.3, -0.25) is 5.32 Å². The van der Waals surface area contributed by atoms with Crippen LogP contribution in [0.1, 0.15) is 24.4 Å². The number of hydrogen-bond donors (Lipinski definition) is 2. The van der Waals surface area contributed by atoms with Crippen LogP contribution in [0.25, 0.3) is 5.65 Å². The normalized spacial score (nSPS) is 16.7. The number of nitrogens with one attached hydrogen (secondary N) is 2. The number of carbonyl (C=O) groups is 1. The van der Waals surface area contributed by atoms with Crippen LogP contribution in [0.2, 0.25) is 0 Å². The molecule has 4 rings (SSSR count). The largest absolute Gasteiger partial charge is 0.348 e. The number of urea groups is 1. The molecule has 1 fully saturated rings. The molecule has 9 heteroatoms. The van der Waals surface area contributed by atoms with Gasteiger partial charge in [0.25, 0.3) is 0 Å². The Labute approximate surface area is 154 Å². The number of amides is 2. The molecule has 0 spiro atoms. The van der Waals surface area contributed by atoms with Crippen LogP contribution in [0, 0.1) is 11.6 Å². The number of hydrogen-bond acceptors (Lipinski definition) is 4. The zero-order chi connectivity index (χ0) is 19.0. The second-order valence-corrected chi connectivity index (χ2v) is 6.33. The van der Waals surface area contributed by atoms with Crippen molar-refractivity contribution in [2.75, 3.05) is 23.8 Å². The van der Waals surface area contributed by atoms with E-state index in [0.717, 1.165) is 18.6 Å². The molecule has 2 N–H and O–H groups in total. The lowest BCUT2D eigenvalue weighted by Gasteiger charge is -2.26. The Bertz CT molecular complexity index is 1000. The summed E-state index contributed by atoms with van der Waals surface area (Å²) in [6.45, 7) is 0.673. The summed E-state index contributed by atoms with van der Waals surface area (Å²) in [5.41, 5.74) is 0.890. The third-order valence-electron chi connectivity index (χ3n) is 4.68. The summed E-state index contributed by atoms with van der Waals surface area (Å²) in [6, 6.07) is 6.39. The third kappa shape index (κ3) is 3.16. The molecule has 140 valence electrons. The first kappa shape index (κ1) is 17.2.